The lowest BCUT2D eigenvalue weighted by Gasteiger charge is -2.29. The third-order valence-electron chi connectivity index (χ3n) is 5.04. The van der Waals surface area contributed by atoms with E-state index in [2.05, 4.69) is 0 Å². The number of aryl methyl sites for hydroxylation is 2. The number of sulfonamides is 1. The van der Waals surface area contributed by atoms with Gasteiger partial charge in [0.2, 0.25) is 10.0 Å². The summed E-state index contributed by atoms with van der Waals surface area (Å²) in [5.41, 5.74) is 3.11. The first-order chi connectivity index (χ1) is 11.9. The molecular weight excluding hydrogens is 354 g/mol. The molecule has 2 aromatic carbocycles. The summed E-state index contributed by atoms with van der Waals surface area (Å²) < 4.78 is 28.4. The minimum atomic E-state index is -3.53. The summed E-state index contributed by atoms with van der Waals surface area (Å²) in [5, 5.41) is 0.668. The molecule has 0 bridgehead atoms. The van der Waals surface area contributed by atoms with Crippen LogP contribution in [0.1, 0.15) is 48.4 Å². The van der Waals surface area contributed by atoms with Crippen LogP contribution in [-0.2, 0) is 10.0 Å². The molecule has 1 saturated heterocycles. The van der Waals surface area contributed by atoms with E-state index in [9.17, 15) is 8.42 Å². The van der Waals surface area contributed by atoms with Crippen molar-refractivity contribution in [2.45, 2.75) is 50.5 Å². The Morgan fingerprint density at radius 1 is 0.960 bits per heavy atom. The summed E-state index contributed by atoms with van der Waals surface area (Å²) in [4.78, 5) is 0.386. The Bertz CT molecular complexity index is 846. The second-order valence-electron chi connectivity index (χ2n) is 6.78. The smallest absolute Gasteiger partial charge is 0.207 e. The first kappa shape index (κ1) is 18.4. The minimum Gasteiger partial charge on any atom is -0.207 e. The minimum absolute atomic E-state index is 0.133. The van der Waals surface area contributed by atoms with Crippen molar-refractivity contribution in [1.29, 1.82) is 0 Å². The summed E-state index contributed by atoms with van der Waals surface area (Å²) in [6.07, 6.45) is 3.83. The Morgan fingerprint density at radius 3 is 2.36 bits per heavy atom. The molecule has 1 atom stereocenters. The Kier molecular flexibility index (Phi) is 5.52. The standard InChI is InChI=1S/C20H24ClNO2S/c1-15-7-12-19(14-16(15)2)25(23,24)22-13-5-3-4-6-20(22)17-8-10-18(21)11-9-17/h7-12,14,20H,3-6,13H2,1-2H3/t20-/m1/s1. The molecule has 5 heteroatoms. The number of halogens is 1. The number of hydrogen-bond donors (Lipinski definition) is 0. The summed E-state index contributed by atoms with van der Waals surface area (Å²) in [7, 11) is -3.53. The Morgan fingerprint density at radius 2 is 1.68 bits per heavy atom. The van der Waals surface area contributed by atoms with E-state index < -0.39 is 10.0 Å². The summed E-state index contributed by atoms with van der Waals surface area (Å²) >= 11 is 6.01. The monoisotopic (exact) mass is 377 g/mol. The van der Waals surface area contributed by atoms with E-state index in [-0.39, 0.29) is 6.04 Å². The number of hydrogen-bond acceptors (Lipinski definition) is 2. The zero-order valence-corrected chi connectivity index (χ0v) is 16.3. The lowest BCUT2D eigenvalue weighted by Crippen LogP contribution is -2.34. The molecule has 0 spiro atoms. The van der Waals surface area contributed by atoms with Crippen molar-refractivity contribution in [1.82, 2.24) is 4.31 Å². The van der Waals surface area contributed by atoms with Crippen LogP contribution in [0.3, 0.4) is 0 Å². The Balaban J connectivity index is 2.02. The zero-order valence-electron chi connectivity index (χ0n) is 14.7. The molecule has 1 aliphatic heterocycles. The van der Waals surface area contributed by atoms with Gasteiger partial charge in [0, 0.05) is 11.6 Å². The van der Waals surface area contributed by atoms with E-state index in [1.54, 1.807) is 16.4 Å². The molecule has 25 heavy (non-hydrogen) atoms. The van der Waals surface area contributed by atoms with Gasteiger partial charge in [-0.2, -0.15) is 4.31 Å². The van der Waals surface area contributed by atoms with E-state index in [1.807, 2.05) is 44.2 Å². The molecule has 0 N–H and O–H groups in total. The summed E-state index contributed by atoms with van der Waals surface area (Å²) in [5.74, 6) is 0. The van der Waals surface area contributed by atoms with Crippen molar-refractivity contribution in [3.05, 3.63) is 64.2 Å². The molecule has 134 valence electrons. The second kappa shape index (κ2) is 7.48. The highest BCUT2D eigenvalue weighted by Gasteiger charge is 2.33. The predicted molar refractivity (Wildman–Crippen MR) is 102 cm³/mol. The maximum atomic E-state index is 13.4. The summed E-state index contributed by atoms with van der Waals surface area (Å²) in [6, 6.07) is 12.8. The number of rotatable bonds is 3. The van der Waals surface area contributed by atoms with Crippen molar-refractivity contribution < 1.29 is 8.42 Å². The molecule has 0 aromatic heterocycles. The van der Waals surface area contributed by atoms with Crippen LogP contribution in [0.4, 0.5) is 0 Å². The number of nitrogens with zero attached hydrogens (tertiary/aromatic N) is 1. The van der Waals surface area contributed by atoms with Crippen LogP contribution in [0.5, 0.6) is 0 Å². The highest BCUT2D eigenvalue weighted by Crippen LogP contribution is 2.35. The van der Waals surface area contributed by atoms with E-state index in [4.69, 9.17) is 11.6 Å². The van der Waals surface area contributed by atoms with Crippen LogP contribution in [0.15, 0.2) is 47.4 Å². The van der Waals surface area contributed by atoms with Crippen molar-refractivity contribution >= 4 is 21.6 Å². The van der Waals surface area contributed by atoms with Gasteiger partial charge >= 0.3 is 0 Å². The fourth-order valence-electron chi connectivity index (χ4n) is 3.40. The van der Waals surface area contributed by atoms with Gasteiger partial charge in [-0.05, 0) is 67.6 Å². The van der Waals surface area contributed by atoms with Gasteiger partial charge in [0.05, 0.1) is 10.9 Å². The molecule has 0 aliphatic carbocycles. The van der Waals surface area contributed by atoms with Crippen LogP contribution in [0.2, 0.25) is 5.02 Å². The van der Waals surface area contributed by atoms with Crippen LogP contribution < -0.4 is 0 Å². The van der Waals surface area contributed by atoms with E-state index >= 15 is 0 Å². The Labute approximate surface area is 155 Å². The lowest BCUT2D eigenvalue weighted by molar-refractivity contribution is 0.329. The van der Waals surface area contributed by atoms with Gasteiger partial charge in [0.15, 0.2) is 0 Å². The zero-order chi connectivity index (χ0) is 18.0. The topological polar surface area (TPSA) is 37.4 Å². The quantitative estimate of drug-likeness (QED) is 0.731. The van der Waals surface area contributed by atoms with Crippen molar-refractivity contribution in [2.24, 2.45) is 0 Å². The molecule has 0 saturated carbocycles. The van der Waals surface area contributed by atoms with Crippen molar-refractivity contribution in [3.8, 4) is 0 Å². The average Bonchev–Trinajstić information content (AvgIpc) is 2.84. The molecule has 0 unspecified atom stereocenters. The van der Waals surface area contributed by atoms with Gasteiger partial charge < -0.3 is 0 Å². The highest BCUT2D eigenvalue weighted by atomic mass is 35.5. The van der Waals surface area contributed by atoms with E-state index in [1.165, 1.54) is 0 Å². The number of benzene rings is 2. The van der Waals surface area contributed by atoms with Gasteiger partial charge in [-0.25, -0.2) is 8.42 Å². The third-order valence-corrected chi connectivity index (χ3v) is 7.20. The van der Waals surface area contributed by atoms with Gasteiger partial charge in [-0.1, -0.05) is 42.6 Å². The molecule has 0 amide bonds. The highest BCUT2D eigenvalue weighted by molar-refractivity contribution is 7.89. The molecule has 1 aliphatic rings. The average molecular weight is 378 g/mol. The van der Waals surface area contributed by atoms with Crippen LogP contribution in [0.25, 0.3) is 0 Å². The van der Waals surface area contributed by atoms with Gasteiger partial charge in [0.25, 0.3) is 0 Å². The molecule has 1 fully saturated rings. The van der Waals surface area contributed by atoms with Crippen molar-refractivity contribution in [3.63, 3.8) is 0 Å². The Hall–Kier alpha value is -1.36. The summed E-state index contributed by atoms with van der Waals surface area (Å²) in [6.45, 7) is 4.50. The first-order valence-corrected chi connectivity index (χ1v) is 10.6. The maximum absolute atomic E-state index is 13.4. The fraction of sp³-hybridized carbons (Fsp3) is 0.400. The van der Waals surface area contributed by atoms with Crippen LogP contribution in [-0.4, -0.2) is 19.3 Å². The normalized spacial score (nSPS) is 19.6. The third kappa shape index (κ3) is 3.91. The molecule has 1 heterocycles. The predicted octanol–water partition coefficient (Wildman–Crippen LogP) is 5.26. The molecular formula is C20H24ClNO2S. The van der Waals surface area contributed by atoms with Gasteiger partial charge in [-0.3, -0.25) is 0 Å². The van der Waals surface area contributed by atoms with E-state index in [0.29, 0.717) is 16.5 Å². The molecule has 3 nitrogen and oxygen atoms in total. The molecule has 0 radical (unpaired) electrons. The maximum Gasteiger partial charge on any atom is 0.243 e. The first-order valence-electron chi connectivity index (χ1n) is 8.74. The van der Waals surface area contributed by atoms with Gasteiger partial charge in [0.1, 0.15) is 0 Å². The fourth-order valence-corrected chi connectivity index (χ4v) is 5.29. The second-order valence-corrected chi connectivity index (χ2v) is 9.11. The van der Waals surface area contributed by atoms with Crippen LogP contribution >= 0.6 is 11.6 Å². The van der Waals surface area contributed by atoms with E-state index in [0.717, 1.165) is 42.4 Å². The van der Waals surface area contributed by atoms with Crippen LogP contribution in [0, 0.1) is 13.8 Å². The van der Waals surface area contributed by atoms with Crippen molar-refractivity contribution in [2.75, 3.05) is 6.54 Å². The SMILES string of the molecule is Cc1ccc(S(=O)(=O)N2CCCCC[C@@H]2c2ccc(Cl)cc2)cc1C. The largest absolute Gasteiger partial charge is 0.243 e. The lowest BCUT2D eigenvalue weighted by atomic mass is 10.0. The van der Waals surface area contributed by atoms with Gasteiger partial charge in [-0.15, -0.1) is 0 Å². The molecule has 3 rings (SSSR count). The molecule has 2 aromatic rings.